The van der Waals surface area contributed by atoms with E-state index in [9.17, 15) is 0 Å². The van der Waals surface area contributed by atoms with Gasteiger partial charge >= 0.3 is 0 Å². The first-order valence-electron chi connectivity index (χ1n) is 8.25. The summed E-state index contributed by atoms with van der Waals surface area (Å²) >= 11 is 0. The molecular weight excluding hydrogens is 296 g/mol. The van der Waals surface area contributed by atoms with Gasteiger partial charge in [-0.05, 0) is 38.1 Å². The Bertz CT molecular complexity index is 425. The van der Waals surface area contributed by atoms with Crippen molar-refractivity contribution >= 4 is 8.32 Å². The molecule has 0 aromatic rings. The molecule has 0 aliphatic carbocycles. The topological polar surface area (TPSA) is 36.9 Å². The first kappa shape index (κ1) is 18.0. The summed E-state index contributed by atoms with van der Waals surface area (Å²) in [5.41, 5.74) is 0. The second kappa shape index (κ2) is 5.93. The molecule has 0 N–H and O–H groups in total. The lowest BCUT2D eigenvalue weighted by molar-refractivity contribution is -0.160. The lowest BCUT2D eigenvalue weighted by atomic mass is 9.92. The quantitative estimate of drug-likeness (QED) is 0.732. The second-order valence-electron chi connectivity index (χ2n) is 8.50. The molecular formula is C17H32O4Si. The Morgan fingerprint density at radius 2 is 1.86 bits per heavy atom. The Hall–Kier alpha value is -0.363. The van der Waals surface area contributed by atoms with Crippen LogP contribution in [0, 0.1) is 5.92 Å². The van der Waals surface area contributed by atoms with E-state index < -0.39 is 14.1 Å². The summed E-state index contributed by atoms with van der Waals surface area (Å²) in [5.74, 6) is -0.286. The molecule has 2 heterocycles. The largest absolute Gasteiger partial charge is 0.495 e. The van der Waals surface area contributed by atoms with Crippen LogP contribution in [0.1, 0.15) is 41.5 Å². The molecule has 1 saturated heterocycles. The molecule has 0 bridgehead atoms. The van der Waals surface area contributed by atoms with Crippen molar-refractivity contribution in [1.82, 2.24) is 0 Å². The summed E-state index contributed by atoms with van der Waals surface area (Å²) in [7, 11) is -1.81. The van der Waals surface area contributed by atoms with E-state index in [4.69, 9.17) is 18.6 Å². The molecule has 0 radical (unpaired) electrons. The maximum Gasteiger partial charge on any atom is 0.192 e. The lowest BCUT2D eigenvalue weighted by Gasteiger charge is -2.43. The maximum absolute atomic E-state index is 6.57. The molecule has 22 heavy (non-hydrogen) atoms. The van der Waals surface area contributed by atoms with Gasteiger partial charge in [0.1, 0.15) is 12.2 Å². The fourth-order valence-electron chi connectivity index (χ4n) is 2.67. The Kier molecular flexibility index (Phi) is 4.85. The minimum absolute atomic E-state index is 0.0263. The SMILES string of the molecule is CC1C(O[Si](C)(C)C(C)(C)C)C=CO[C@@H]1[C@H]1COC(C)(C)O1. The van der Waals surface area contributed by atoms with Crippen molar-refractivity contribution < 1.29 is 18.6 Å². The van der Waals surface area contributed by atoms with Gasteiger partial charge in [-0.25, -0.2) is 0 Å². The Morgan fingerprint density at radius 1 is 1.23 bits per heavy atom. The van der Waals surface area contributed by atoms with Crippen LogP contribution in [0.4, 0.5) is 0 Å². The van der Waals surface area contributed by atoms with Crippen LogP contribution < -0.4 is 0 Å². The summed E-state index contributed by atoms with van der Waals surface area (Å²) in [4.78, 5) is 0. The van der Waals surface area contributed by atoms with Gasteiger partial charge in [0.15, 0.2) is 14.1 Å². The van der Waals surface area contributed by atoms with Gasteiger partial charge < -0.3 is 18.6 Å². The molecule has 0 aromatic carbocycles. The number of hydrogen-bond acceptors (Lipinski definition) is 4. The minimum atomic E-state index is -1.81. The summed E-state index contributed by atoms with van der Waals surface area (Å²) < 4.78 is 24.1. The van der Waals surface area contributed by atoms with Crippen LogP contribution >= 0.6 is 0 Å². The first-order valence-corrected chi connectivity index (χ1v) is 11.2. The van der Waals surface area contributed by atoms with Crippen LogP contribution in [0.5, 0.6) is 0 Å². The fourth-order valence-corrected chi connectivity index (χ4v) is 3.99. The van der Waals surface area contributed by atoms with E-state index in [0.717, 1.165) is 0 Å². The van der Waals surface area contributed by atoms with Crippen molar-refractivity contribution in [3.63, 3.8) is 0 Å². The van der Waals surface area contributed by atoms with Crippen molar-refractivity contribution in [1.29, 1.82) is 0 Å². The number of rotatable bonds is 3. The molecule has 4 nitrogen and oxygen atoms in total. The highest BCUT2D eigenvalue weighted by Crippen LogP contribution is 2.40. The minimum Gasteiger partial charge on any atom is -0.495 e. The predicted molar refractivity (Wildman–Crippen MR) is 90.2 cm³/mol. The number of ether oxygens (including phenoxy) is 3. The van der Waals surface area contributed by atoms with E-state index in [1.54, 1.807) is 6.26 Å². The van der Waals surface area contributed by atoms with E-state index in [2.05, 4.69) is 40.8 Å². The van der Waals surface area contributed by atoms with Crippen molar-refractivity contribution in [2.75, 3.05) is 6.61 Å². The third kappa shape index (κ3) is 3.75. The number of hydrogen-bond donors (Lipinski definition) is 0. The average molecular weight is 329 g/mol. The van der Waals surface area contributed by atoms with Gasteiger partial charge in [-0.2, -0.15) is 0 Å². The van der Waals surface area contributed by atoms with Gasteiger partial charge in [0.2, 0.25) is 0 Å². The third-order valence-corrected chi connectivity index (χ3v) is 9.65. The van der Waals surface area contributed by atoms with Crippen molar-refractivity contribution in [2.45, 2.75) is 83.8 Å². The Labute approximate surface area is 136 Å². The van der Waals surface area contributed by atoms with Crippen LogP contribution in [0.3, 0.4) is 0 Å². The van der Waals surface area contributed by atoms with Crippen molar-refractivity contribution in [3.8, 4) is 0 Å². The molecule has 0 amide bonds. The molecule has 0 spiro atoms. The van der Waals surface area contributed by atoms with E-state index in [0.29, 0.717) is 6.61 Å². The van der Waals surface area contributed by atoms with E-state index in [-0.39, 0.29) is 29.3 Å². The van der Waals surface area contributed by atoms with Crippen LogP contribution in [0.25, 0.3) is 0 Å². The highest BCUT2D eigenvalue weighted by molar-refractivity contribution is 6.74. The smallest absolute Gasteiger partial charge is 0.192 e. The molecule has 5 heteroatoms. The zero-order chi connectivity index (χ0) is 16.8. The molecule has 2 unspecified atom stereocenters. The van der Waals surface area contributed by atoms with E-state index >= 15 is 0 Å². The van der Waals surface area contributed by atoms with Crippen LogP contribution in [-0.4, -0.2) is 39.0 Å². The Morgan fingerprint density at radius 3 is 2.36 bits per heavy atom. The standard InChI is InChI=1S/C17H32O4Si/c1-12-13(21-22(7,8)16(2,3)4)9-10-18-15(12)14-11-19-17(5,6)20-14/h9-10,12-15H,11H2,1-8H3/t12?,13?,14-,15+/m1/s1. The first-order chi connectivity index (χ1) is 9.93. The molecule has 0 saturated carbocycles. The summed E-state index contributed by atoms with van der Waals surface area (Å²) in [6.07, 6.45) is 3.83. The summed E-state index contributed by atoms with van der Waals surface area (Å²) in [6.45, 7) is 18.0. The van der Waals surface area contributed by atoms with Gasteiger partial charge in [0.25, 0.3) is 0 Å². The van der Waals surface area contributed by atoms with Gasteiger partial charge in [-0.1, -0.05) is 27.7 Å². The maximum atomic E-state index is 6.57. The molecule has 128 valence electrons. The molecule has 2 aliphatic rings. The van der Waals surface area contributed by atoms with Gasteiger partial charge in [-0.15, -0.1) is 0 Å². The van der Waals surface area contributed by atoms with Crippen LogP contribution in [0.15, 0.2) is 12.3 Å². The second-order valence-corrected chi connectivity index (χ2v) is 13.3. The molecule has 0 aromatic heterocycles. The molecule has 1 fully saturated rings. The van der Waals surface area contributed by atoms with E-state index in [1.165, 1.54) is 0 Å². The van der Waals surface area contributed by atoms with Gasteiger partial charge in [-0.3, -0.25) is 0 Å². The van der Waals surface area contributed by atoms with E-state index in [1.807, 2.05) is 19.9 Å². The molecule has 2 aliphatic heterocycles. The molecule has 4 atom stereocenters. The predicted octanol–water partition coefficient (Wildman–Crippen LogP) is 4.08. The third-order valence-electron chi connectivity index (χ3n) is 5.17. The highest BCUT2D eigenvalue weighted by atomic mass is 28.4. The summed E-state index contributed by atoms with van der Waals surface area (Å²) in [5, 5.41) is 0.198. The highest BCUT2D eigenvalue weighted by Gasteiger charge is 2.46. The average Bonchev–Trinajstić information content (AvgIpc) is 2.70. The lowest BCUT2D eigenvalue weighted by Crippen LogP contribution is -2.50. The van der Waals surface area contributed by atoms with Gasteiger partial charge in [0.05, 0.1) is 19.0 Å². The normalized spacial score (nSPS) is 35.5. The zero-order valence-corrected chi connectivity index (χ0v) is 16.3. The summed E-state index contributed by atoms with van der Waals surface area (Å²) in [6, 6.07) is 0. The molecule has 2 rings (SSSR count). The fraction of sp³-hybridized carbons (Fsp3) is 0.882. The van der Waals surface area contributed by atoms with Crippen molar-refractivity contribution in [2.24, 2.45) is 5.92 Å². The van der Waals surface area contributed by atoms with Crippen molar-refractivity contribution in [3.05, 3.63) is 12.3 Å². The Balaban J connectivity index is 2.06. The van der Waals surface area contributed by atoms with Crippen LogP contribution in [-0.2, 0) is 18.6 Å². The van der Waals surface area contributed by atoms with Gasteiger partial charge in [0, 0.05) is 5.92 Å². The monoisotopic (exact) mass is 328 g/mol. The van der Waals surface area contributed by atoms with Crippen LogP contribution in [0.2, 0.25) is 18.1 Å². The zero-order valence-electron chi connectivity index (χ0n) is 15.3.